The van der Waals surface area contributed by atoms with E-state index in [4.69, 9.17) is 14.2 Å². The molecule has 6 heteroatoms. The molecular formula is C23H23NO5. The third kappa shape index (κ3) is 4.26. The number of rotatable bonds is 4. The number of benzene rings is 2. The molecule has 0 N–H and O–H groups in total. The molecule has 1 atom stereocenters. The van der Waals surface area contributed by atoms with Gasteiger partial charge in [0, 0.05) is 24.7 Å². The van der Waals surface area contributed by atoms with E-state index in [0.717, 1.165) is 29.7 Å². The molecule has 0 aliphatic carbocycles. The van der Waals surface area contributed by atoms with Crippen LogP contribution in [0.4, 0.5) is 5.69 Å². The Balaban J connectivity index is 1.37. The molecule has 2 aliphatic heterocycles. The Hall–Kier alpha value is -3.28. The summed E-state index contributed by atoms with van der Waals surface area (Å²) in [6.07, 6.45) is 3.74. The van der Waals surface area contributed by atoms with Crippen LogP contribution in [0.15, 0.2) is 48.5 Å². The van der Waals surface area contributed by atoms with Crippen LogP contribution in [0.25, 0.3) is 6.08 Å². The Morgan fingerprint density at radius 1 is 1.10 bits per heavy atom. The van der Waals surface area contributed by atoms with Crippen molar-refractivity contribution in [3.05, 3.63) is 59.7 Å². The Morgan fingerprint density at radius 3 is 2.76 bits per heavy atom. The number of hydrogen-bond donors (Lipinski definition) is 0. The second-order valence-corrected chi connectivity index (χ2v) is 7.04. The van der Waals surface area contributed by atoms with Crippen LogP contribution in [-0.2, 0) is 20.7 Å². The number of hydrogen-bond acceptors (Lipinski definition) is 5. The minimum atomic E-state index is -0.859. The molecule has 150 valence electrons. The molecule has 2 aromatic carbocycles. The Bertz CT molecular complexity index is 952. The Morgan fingerprint density at radius 2 is 1.90 bits per heavy atom. The molecule has 0 aromatic heterocycles. The molecule has 1 amide bonds. The minimum Gasteiger partial charge on any atom is -0.490 e. The monoisotopic (exact) mass is 393 g/mol. The van der Waals surface area contributed by atoms with Crippen molar-refractivity contribution in [1.82, 2.24) is 0 Å². The van der Waals surface area contributed by atoms with E-state index in [-0.39, 0.29) is 5.91 Å². The van der Waals surface area contributed by atoms with E-state index in [1.807, 2.05) is 42.5 Å². The van der Waals surface area contributed by atoms with Gasteiger partial charge in [-0.2, -0.15) is 0 Å². The van der Waals surface area contributed by atoms with E-state index in [1.165, 1.54) is 6.08 Å². The van der Waals surface area contributed by atoms with E-state index in [1.54, 1.807) is 17.9 Å². The predicted octanol–water partition coefficient (Wildman–Crippen LogP) is 3.38. The first-order valence-electron chi connectivity index (χ1n) is 9.79. The zero-order chi connectivity index (χ0) is 20.2. The third-order valence-electron chi connectivity index (χ3n) is 4.98. The molecule has 4 rings (SSSR count). The van der Waals surface area contributed by atoms with Gasteiger partial charge in [0.2, 0.25) is 0 Å². The highest BCUT2D eigenvalue weighted by Crippen LogP contribution is 2.31. The number of para-hydroxylation sites is 1. The van der Waals surface area contributed by atoms with Crippen LogP contribution in [0.1, 0.15) is 24.5 Å². The normalized spacial score (nSPS) is 16.2. The van der Waals surface area contributed by atoms with Gasteiger partial charge in [-0.25, -0.2) is 4.79 Å². The van der Waals surface area contributed by atoms with Crippen molar-refractivity contribution in [2.45, 2.75) is 25.9 Å². The van der Waals surface area contributed by atoms with Gasteiger partial charge >= 0.3 is 5.97 Å². The Kier molecular flexibility index (Phi) is 5.51. The molecule has 2 aromatic rings. The van der Waals surface area contributed by atoms with E-state index in [0.29, 0.717) is 31.3 Å². The van der Waals surface area contributed by atoms with Gasteiger partial charge in [-0.15, -0.1) is 0 Å². The molecule has 0 spiro atoms. The smallest absolute Gasteiger partial charge is 0.331 e. The summed E-state index contributed by atoms with van der Waals surface area (Å²) in [6, 6.07) is 13.3. The number of anilines is 1. The number of fused-ring (bicyclic) bond motifs is 2. The molecule has 0 fully saturated rings. The number of esters is 1. The van der Waals surface area contributed by atoms with E-state index >= 15 is 0 Å². The molecule has 0 radical (unpaired) electrons. The number of amides is 1. The first kappa shape index (κ1) is 19.1. The van der Waals surface area contributed by atoms with Crippen LogP contribution in [0, 0.1) is 0 Å². The standard InChI is InChI=1S/C23H23NO5/c1-16(23(26)24-12-11-18-5-2-3-6-19(18)24)29-22(25)10-8-17-7-9-20-21(15-17)28-14-4-13-27-20/h2-3,5-10,15-16H,4,11-14H2,1H3/b10-8+/t16-/m1/s1. The largest absolute Gasteiger partial charge is 0.490 e. The van der Waals surface area contributed by atoms with Gasteiger partial charge in [0.25, 0.3) is 5.91 Å². The van der Waals surface area contributed by atoms with Crippen LogP contribution in [0.5, 0.6) is 11.5 Å². The molecule has 0 saturated carbocycles. The lowest BCUT2D eigenvalue weighted by Gasteiger charge is -2.21. The highest BCUT2D eigenvalue weighted by atomic mass is 16.5. The molecule has 29 heavy (non-hydrogen) atoms. The van der Waals surface area contributed by atoms with Gasteiger partial charge in [0.1, 0.15) is 0 Å². The minimum absolute atomic E-state index is 0.215. The van der Waals surface area contributed by atoms with Gasteiger partial charge in [0.05, 0.1) is 13.2 Å². The van der Waals surface area contributed by atoms with Gasteiger partial charge in [-0.05, 0) is 48.7 Å². The van der Waals surface area contributed by atoms with Crippen molar-refractivity contribution < 1.29 is 23.8 Å². The maximum Gasteiger partial charge on any atom is 0.331 e. The fraction of sp³-hybridized carbons (Fsp3) is 0.304. The zero-order valence-corrected chi connectivity index (χ0v) is 16.3. The van der Waals surface area contributed by atoms with Gasteiger partial charge in [0.15, 0.2) is 17.6 Å². The molecule has 2 heterocycles. The maximum atomic E-state index is 12.7. The highest BCUT2D eigenvalue weighted by molar-refractivity contribution is 6.00. The van der Waals surface area contributed by atoms with E-state index < -0.39 is 12.1 Å². The SMILES string of the molecule is C[C@@H](OC(=O)/C=C/c1ccc2c(c1)OCCCO2)C(=O)N1CCc2ccccc21. The van der Waals surface area contributed by atoms with Crippen LogP contribution in [0.2, 0.25) is 0 Å². The second-order valence-electron chi connectivity index (χ2n) is 7.04. The molecule has 0 bridgehead atoms. The van der Waals surface area contributed by atoms with E-state index in [2.05, 4.69) is 0 Å². The third-order valence-corrected chi connectivity index (χ3v) is 4.98. The fourth-order valence-corrected chi connectivity index (χ4v) is 3.50. The first-order chi connectivity index (χ1) is 14.1. The second kappa shape index (κ2) is 8.39. The molecule has 0 saturated heterocycles. The van der Waals surface area contributed by atoms with Crippen molar-refractivity contribution in [3.8, 4) is 11.5 Å². The summed E-state index contributed by atoms with van der Waals surface area (Å²) in [6.45, 7) is 3.43. The van der Waals surface area contributed by atoms with Gasteiger partial charge < -0.3 is 19.1 Å². The van der Waals surface area contributed by atoms with Crippen molar-refractivity contribution in [1.29, 1.82) is 0 Å². The number of carbonyl (C=O) groups excluding carboxylic acids is 2. The summed E-state index contributed by atoms with van der Waals surface area (Å²) in [5.74, 6) is 0.583. The lowest BCUT2D eigenvalue weighted by molar-refractivity contribution is -0.149. The topological polar surface area (TPSA) is 65.1 Å². The molecular weight excluding hydrogens is 370 g/mol. The summed E-state index contributed by atoms with van der Waals surface area (Å²) in [5, 5.41) is 0. The first-order valence-corrected chi connectivity index (χ1v) is 9.79. The van der Waals surface area contributed by atoms with Crippen LogP contribution >= 0.6 is 0 Å². The fourth-order valence-electron chi connectivity index (χ4n) is 3.50. The molecule has 6 nitrogen and oxygen atoms in total. The summed E-state index contributed by atoms with van der Waals surface area (Å²) >= 11 is 0. The number of ether oxygens (including phenoxy) is 3. The summed E-state index contributed by atoms with van der Waals surface area (Å²) in [7, 11) is 0. The molecule has 0 unspecified atom stereocenters. The van der Waals surface area contributed by atoms with Gasteiger partial charge in [-0.3, -0.25) is 4.79 Å². The van der Waals surface area contributed by atoms with Crippen molar-refractivity contribution >= 4 is 23.6 Å². The summed E-state index contributed by atoms with van der Waals surface area (Å²) in [5.41, 5.74) is 2.82. The van der Waals surface area contributed by atoms with Crippen molar-refractivity contribution in [2.24, 2.45) is 0 Å². The zero-order valence-electron chi connectivity index (χ0n) is 16.3. The lowest BCUT2D eigenvalue weighted by Crippen LogP contribution is -2.38. The van der Waals surface area contributed by atoms with Crippen molar-refractivity contribution in [3.63, 3.8) is 0 Å². The maximum absolute atomic E-state index is 12.7. The average Bonchev–Trinajstić information content (AvgIpc) is 3.02. The number of carbonyl (C=O) groups is 2. The van der Waals surface area contributed by atoms with Crippen LogP contribution < -0.4 is 14.4 Å². The quantitative estimate of drug-likeness (QED) is 0.589. The van der Waals surface area contributed by atoms with Crippen LogP contribution in [0.3, 0.4) is 0 Å². The summed E-state index contributed by atoms with van der Waals surface area (Å²) in [4.78, 5) is 26.6. The van der Waals surface area contributed by atoms with Gasteiger partial charge in [-0.1, -0.05) is 24.3 Å². The highest BCUT2D eigenvalue weighted by Gasteiger charge is 2.29. The molecule has 2 aliphatic rings. The van der Waals surface area contributed by atoms with Crippen LogP contribution in [-0.4, -0.2) is 37.7 Å². The van der Waals surface area contributed by atoms with E-state index in [9.17, 15) is 9.59 Å². The summed E-state index contributed by atoms with van der Waals surface area (Å²) < 4.78 is 16.6. The number of nitrogens with zero attached hydrogens (tertiary/aromatic N) is 1. The lowest BCUT2D eigenvalue weighted by atomic mass is 10.2. The Labute approximate surface area is 169 Å². The van der Waals surface area contributed by atoms with Crippen molar-refractivity contribution in [2.75, 3.05) is 24.7 Å². The average molecular weight is 393 g/mol. The predicted molar refractivity (Wildman–Crippen MR) is 109 cm³/mol.